The molecule has 10 aromatic carbocycles. The van der Waals surface area contributed by atoms with E-state index in [9.17, 15) is 0 Å². The van der Waals surface area contributed by atoms with Crippen LogP contribution in [0.2, 0.25) is 0 Å². The molecular weight excluding hydrogens is 653 g/mol. The van der Waals surface area contributed by atoms with Crippen molar-refractivity contribution < 1.29 is 4.74 Å². The number of fused-ring (bicyclic) bond motifs is 12. The van der Waals surface area contributed by atoms with Crippen LogP contribution in [0.25, 0.3) is 65.3 Å². The Bertz CT molecular complexity index is 2820. The van der Waals surface area contributed by atoms with E-state index in [1.165, 1.54) is 76.8 Å². The fourth-order valence-electron chi connectivity index (χ4n) is 9.23. The van der Waals surface area contributed by atoms with Gasteiger partial charge >= 0.3 is 0 Å². The first kappa shape index (κ1) is 30.6. The molecule has 0 aliphatic carbocycles. The van der Waals surface area contributed by atoms with Crippen molar-refractivity contribution in [3.05, 3.63) is 229 Å². The van der Waals surface area contributed by atoms with E-state index in [0.29, 0.717) is 0 Å². The van der Waals surface area contributed by atoms with Crippen molar-refractivity contribution in [2.75, 3.05) is 0 Å². The van der Waals surface area contributed by atoms with Crippen molar-refractivity contribution in [3.8, 4) is 33.8 Å². The van der Waals surface area contributed by atoms with Gasteiger partial charge in [0.25, 0.3) is 0 Å². The number of hydrogen-bond acceptors (Lipinski definition) is 1. The van der Waals surface area contributed by atoms with Crippen molar-refractivity contribution >= 4 is 43.1 Å². The van der Waals surface area contributed by atoms with E-state index in [1.54, 1.807) is 0 Å². The molecule has 0 unspecified atom stereocenters. The van der Waals surface area contributed by atoms with Crippen LogP contribution in [-0.4, -0.2) is 0 Å². The minimum Gasteiger partial charge on any atom is -0.455 e. The highest BCUT2D eigenvalue weighted by Gasteiger charge is 2.49. The summed E-state index contributed by atoms with van der Waals surface area (Å²) >= 11 is 0. The summed E-state index contributed by atoms with van der Waals surface area (Å²) in [5.41, 5.74) is 8.75. The third-order valence-corrected chi connectivity index (χ3v) is 11.6. The summed E-state index contributed by atoms with van der Waals surface area (Å²) < 4.78 is 7.50. The first-order valence-electron chi connectivity index (χ1n) is 18.7. The molecule has 1 heterocycles. The molecule has 0 radical (unpaired) electrons. The lowest BCUT2D eigenvalue weighted by atomic mass is 9.60. The number of benzene rings is 10. The first-order valence-corrected chi connectivity index (χ1v) is 18.7. The second-order valence-electron chi connectivity index (χ2n) is 14.3. The van der Waals surface area contributed by atoms with Crippen LogP contribution in [0.15, 0.2) is 206 Å². The molecule has 0 saturated heterocycles. The van der Waals surface area contributed by atoms with Gasteiger partial charge in [0.15, 0.2) is 0 Å². The molecule has 0 fully saturated rings. The molecule has 0 bridgehead atoms. The second kappa shape index (κ2) is 12.0. The lowest BCUT2D eigenvalue weighted by molar-refractivity contribution is 0.449. The average Bonchev–Trinajstić information content (AvgIpc) is 3.26. The van der Waals surface area contributed by atoms with Crippen LogP contribution in [0.4, 0.5) is 0 Å². The van der Waals surface area contributed by atoms with Crippen molar-refractivity contribution in [2.45, 2.75) is 5.41 Å². The molecule has 0 amide bonds. The summed E-state index contributed by atoms with van der Waals surface area (Å²) in [6, 6.07) is 75.3. The van der Waals surface area contributed by atoms with Crippen molar-refractivity contribution in [3.63, 3.8) is 0 Å². The largest absolute Gasteiger partial charge is 0.455 e. The van der Waals surface area contributed by atoms with Crippen LogP contribution >= 0.6 is 0 Å². The summed E-state index contributed by atoms with van der Waals surface area (Å²) in [5.74, 6) is 1.83. The standard InChI is InChI=1S/C53H34O/c1-3-15-35(16-4-1)37-27-31-39(32-28-37)53(40-33-29-38(30-34-40)36-17-5-2-6-18-36)49-45-23-11-7-19-41(45)43-21-9-13-25-47(43)51(49)54-52-48-26-14-10-22-44(48)42-20-8-12-24-46(42)50(52)53/h1-34H. The Morgan fingerprint density at radius 1 is 0.241 bits per heavy atom. The molecule has 0 aromatic heterocycles. The number of hydrogen-bond donors (Lipinski definition) is 0. The van der Waals surface area contributed by atoms with Gasteiger partial charge in [0.1, 0.15) is 11.5 Å². The van der Waals surface area contributed by atoms with Crippen LogP contribution in [0.3, 0.4) is 0 Å². The summed E-state index contributed by atoms with van der Waals surface area (Å²) in [5, 5.41) is 9.41. The van der Waals surface area contributed by atoms with Crippen molar-refractivity contribution in [2.24, 2.45) is 0 Å². The second-order valence-corrected chi connectivity index (χ2v) is 14.3. The lowest BCUT2D eigenvalue weighted by Gasteiger charge is -2.44. The van der Waals surface area contributed by atoms with E-state index in [4.69, 9.17) is 4.74 Å². The van der Waals surface area contributed by atoms with E-state index in [0.717, 1.165) is 22.3 Å². The number of rotatable bonds is 4. The molecule has 1 aliphatic rings. The summed E-state index contributed by atoms with van der Waals surface area (Å²) in [7, 11) is 0. The maximum atomic E-state index is 7.50. The van der Waals surface area contributed by atoms with Gasteiger partial charge in [-0.15, -0.1) is 0 Å². The minimum atomic E-state index is -0.763. The topological polar surface area (TPSA) is 9.23 Å². The Hall–Kier alpha value is -6.96. The van der Waals surface area contributed by atoms with Gasteiger partial charge in [0.2, 0.25) is 0 Å². The first-order chi connectivity index (χ1) is 26.8. The molecular formula is C53H34O. The van der Waals surface area contributed by atoms with Gasteiger partial charge in [-0.05, 0) is 65.7 Å². The predicted octanol–water partition coefficient (Wildman–Crippen LogP) is 14.1. The van der Waals surface area contributed by atoms with Crippen LogP contribution in [-0.2, 0) is 5.41 Å². The molecule has 1 aliphatic heterocycles. The summed E-state index contributed by atoms with van der Waals surface area (Å²) in [6.45, 7) is 0. The van der Waals surface area contributed by atoms with Crippen molar-refractivity contribution in [1.82, 2.24) is 0 Å². The molecule has 0 saturated carbocycles. The predicted molar refractivity (Wildman–Crippen MR) is 226 cm³/mol. The monoisotopic (exact) mass is 686 g/mol. The maximum absolute atomic E-state index is 7.50. The molecule has 252 valence electrons. The highest BCUT2D eigenvalue weighted by Crippen LogP contribution is 2.62. The highest BCUT2D eigenvalue weighted by atomic mass is 16.5. The van der Waals surface area contributed by atoms with Gasteiger partial charge in [0, 0.05) is 21.9 Å². The Morgan fingerprint density at radius 3 is 0.889 bits per heavy atom. The zero-order valence-corrected chi connectivity index (χ0v) is 29.5. The minimum absolute atomic E-state index is 0.763. The molecule has 10 aromatic rings. The van der Waals surface area contributed by atoms with Crippen LogP contribution in [0.1, 0.15) is 22.3 Å². The van der Waals surface area contributed by atoms with E-state index in [1.807, 2.05) is 0 Å². The van der Waals surface area contributed by atoms with Gasteiger partial charge < -0.3 is 4.74 Å². The maximum Gasteiger partial charge on any atom is 0.140 e. The van der Waals surface area contributed by atoms with E-state index in [2.05, 4.69) is 206 Å². The summed E-state index contributed by atoms with van der Waals surface area (Å²) in [6.07, 6.45) is 0. The lowest BCUT2D eigenvalue weighted by Crippen LogP contribution is -2.35. The number of ether oxygens (including phenoxy) is 1. The van der Waals surface area contributed by atoms with E-state index >= 15 is 0 Å². The third kappa shape index (κ3) is 4.39. The Balaban J connectivity index is 1.36. The van der Waals surface area contributed by atoms with Crippen LogP contribution in [0.5, 0.6) is 11.5 Å². The van der Waals surface area contributed by atoms with Gasteiger partial charge in [0.05, 0.1) is 5.41 Å². The highest BCUT2D eigenvalue weighted by molar-refractivity contribution is 6.18. The van der Waals surface area contributed by atoms with Gasteiger partial charge in [-0.2, -0.15) is 0 Å². The fraction of sp³-hybridized carbons (Fsp3) is 0.0189. The Morgan fingerprint density at radius 2 is 0.519 bits per heavy atom. The molecule has 1 heteroatoms. The van der Waals surface area contributed by atoms with Crippen LogP contribution in [0, 0.1) is 0 Å². The average molecular weight is 687 g/mol. The quantitative estimate of drug-likeness (QED) is 0.167. The SMILES string of the molecule is c1ccc(-c2ccc(C3(c4ccc(-c5ccccc5)cc4)c4c(c5ccccc5c5ccccc45)Oc4c3c3ccccc3c3ccccc43)cc2)cc1. The zero-order valence-electron chi connectivity index (χ0n) is 29.5. The zero-order chi connectivity index (χ0) is 35.6. The third-order valence-electron chi connectivity index (χ3n) is 11.6. The van der Waals surface area contributed by atoms with Gasteiger partial charge in [-0.3, -0.25) is 0 Å². The normalized spacial score (nSPS) is 13.1. The smallest absolute Gasteiger partial charge is 0.140 e. The molecule has 11 rings (SSSR count). The molecule has 1 nitrogen and oxygen atoms in total. The molecule has 0 atom stereocenters. The Labute approximate surface area is 314 Å². The van der Waals surface area contributed by atoms with Crippen molar-refractivity contribution in [1.29, 1.82) is 0 Å². The van der Waals surface area contributed by atoms with Gasteiger partial charge in [-0.1, -0.05) is 206 Å². The summed E-state index contributed by atoms with van der Waals surface area (Å²) in [4.78, 5) is 0. The van der Waals surface area contributed by atoms with E-state index in [-0.39, 0.29) is 0 Å². The van der Waals surface area contributed by atoms with Gasteiger partial charge in [-0.25, -0.2) is 0 Å². The van der Waals surface area contributed by atoms with Crippen LogP contribution < -0.4 is 4.74 Å². The van der Waals surface area contributed by atoms with E-state index < -0.39 is 5.41 Å². The molecule has 0 spiro atoms. The fourth-order valence-corrected chi connectivity index (χ4v) is 9.23. The Kier molecular flexibility index (Phi) is 6.84. The molecule has 54 heavy (non-hydrogen) atoms. The molecule has 0 N–H and O–H groups in total.